The van der Waals surface area contributed by atoms with Crippen LogP contribution < -0.4 is 5.32 Å². The summed E-state index contributed by atoms with van der Waals surface area (Å²) in [7, 11) is 0. The SMILES string of the molecule is O=Cc1cc2ncnc(Nc3ccc(O)cc3Cl)c2cc1C=O. The summed E-state index contributed by atoms with van der Waals surface area (Å²) in [6.45, 7) is 0. The zero-order valence-electron chi connectivity index (χ0n) is 11.7. The highest BCUT2D eigenvalue weighted by Gasteiger charge is 2.11. The van der Waals surface area contributed by atoms with Gasteiger partial charge in [0.05, 0.1) is 16.2 Å². The first-order valence-electron chi connectivity index (χ1n) is 6.57. The Balaban J connectivity index is 2.13. The molecule has 2 N–H and O–H groups in total. The van der Waals surface area contributed by atoms with Crippen molar-refractivity contribution in [2.24, 2.45) is 0 Å². The van der Waals surface area contributed by atoms with Crippen molar-refractivity contribution in [3.8, 4) is 5.75 Å². The quantitative estimate of drug-likeness (QED) is 0.564. The number of hydrogen-bond donors (Lipinski definition) is 2. The lowest BCUT2D eigenvalue weighted by Crippen LogP contribution is -1.99. The zero-order chi connectivity index (χ0) is 16.4. The molecule has 1 aromatic heterocycles. The molecule has 0 radical (unpaired) electrons. The van der Waals surface area contributed by atoms with Crippen molar-refractivity contribution < 1.29 is 14.7 Å². The number of carbonyl (C=O) groups excluding carboxylic acids is 2. The van der Waals surface area contributed by atoms with Crippen LogP contribution in [-0.2, 0) is 0 Å². The van der Waals surface area contributed by atoms with E-state index in [2.05, 4.69) is 15.3 Å². The topological polar surface area (TPSA) is 92.2 Å². The Morgan fingerprint density at radius 2 is 1.78 bits per heavy atom. The molecule has 0 unspecified atom stereocenters. The molecule has 0 aliphatic rings. The predicted octanol–water partition coefficient (Wildman–Crippen LogP) is 3.36. The minimum atomic E-state index is 0.0481. The summed E-state index contributed by atoms with van der Waals surface area (Å²) in [5.74, 6) is 0.482. The van der Waals surface area contributed by atoms with Gasteiger partial charge < -0.3 is 10.4 Å². The van der Waals surface area contributed by atoms with Crippen molar-refractivity contribution in [3.05, 3.63) is 52.8 Å². The molecule has 0 saturated carbocycles. The molecule has 114 valence electrons. The maximum absolute atomic E-state index is 11.1. The van der Waals surface area contributed by atoms with E-state index in [9.17, 15) is 14.7 Å². The first-order valence-corrected chi connectivity index (χ1v) is 6.95. The minimum Gasteiger partial charge on any atom is -0.508 e. The third-order valence-corrected chi connectivity index (χ3v) is 3.61. The van der Waals surface area contributed by atoms with Crippen LogP contribution in [0.15, 0.2) is 36.7 Å². The molecular formula is C16H10ClN3O3. The summed E-state index contributed by atoms with van der Waals surface area (Å²) in [6, 6.07) is 7.56. The van der Waals surface area contributed by atoms with Crippen LogP contribution in [0.4, 0.5) is 11.5 Å². The molecule has 3 rings (SSSR count). The Morgan fingerprint density at radius 1 is 1.04 bits per heavy atom. The zero-order valence-corrected chi connectivity index (χ0v) is 12.4. The van der Waals surface area contributed by atoms with Gasteiger partial charge in [-0.1, -0.05) is 11.6 Å². The average Bonchev–Trinajstić information content (AvgIpc) is 2.56. The smallest absolute Gasteiger partial charge is 0.150 e. The highest BCUT2D eigenvalue weighted by molar-refractivity contribution is 6.33. The van der Waals surface area contributed by atoms with Crippen molar-refractivity contribution in [1.29, 1.82) is 0 Å². The lowest BCUT2D eigenvalue weighted by Gasteiger charge is -2.11. The van der Waals surface area contributed by atoms with Crippen molar-refractivity contribution in [3.63, 3.8) is 0 Å². The molecule has 0 atom stereocenters. The number of benzene rings is 2. The number of aromatic nitrogens is 2. The lowest BCUT2D eigenvalue weighted by atomic mass is 10.1. The first-order chi connectivity index (χ1) is 11.1. The molecule has 0 fully saturated rings. The maximum Gasteiger partial charge on any atom is 0.150 e. The van der Waals surface area contributed by atoms with Gasteiger partial charge in [0.2, 0.25) is 0 Å². The van der Waals surface area contributed by atoms with E-state index >= 15 is 0 Å². The summed E-state index contributed by atoms with van der Waals surface area (Å²) in [5.41, 5.74) is 1.57. The van der Waals surface area contributed by atoms with E-state index < -0.39 is 0 Å². The second-order valence-corrected chi connectivity index (χ2v) is 5.15. The van der Waals surface area contributed by atoms with E-state index in [1.165, 1.54) is 24.5 Å². The van der Waals surface area contributed by atoms with Crippen molar-refractivity contribution in [1.82, 2.24) is 9.97 Å². The summed E-state index contributed by atoms with van der Waals surface area (Å²) >= 11 is 6.07. The molecular weight excluding hydrogens is 318 g/mol. The molecule has 0 amide bonds. The van der Waals surface area contributed by atoms with Gasteiger partial charge in [0.15, 0.2) is 12.6 Å². The molecule has 2 aromatic carbocycles. The van der Waals surface area contributed by atoms with Gasteiger partial charge in [-0.3, -0.25) is 9.59 Å². The first kappa shape index (κ1) is 14.9. The number of hydrogen-bond acceptors (Lipinski definition) is 6. The minimum absolute atomic E-state index is 0.0481. The van der Waals surface area contributed by atoms with Gasteiger partial charge in [0.1, 0.15) is 17.9 Å². The van der Waals surface area contributed by atoms with E-state index in [0.29, 0.717) is 40.0 Å². The van der Waals surface area contributed by atoms with Gasteiger partial charge >= 0.3 is 0 Å². The van der Waals surface area contributed by atoms with Crippen LogP contribution in [0.3, 0.4) is 0 Å². The number of phenols is 1. The van der Waals surface area contributed by atoms with Crippen molar-refractivity contribution >= 4 is 46.6 Å². The monoisotopic (exact) mass is 327 g/mol. The highest BCUT2D eigenvalue weighted by Crippen LogP contribution is 2.31. The Hall–Kier alpha value is -2.99. The van der Waals surface area contributed by atoms with Gasteiger partial charge in [-0.2, -0.15) is 0 Å². The number of anilines is 2. The summed E-state index contributed by atoms with van der Waals surface area (Å²) in [6.07, 6.45) is 2.55. The molecule has 0 bridgehead atoms. The Labute approximate surface area is 135 Å². The number of halogens is 1. The third kappa shape index (κ3) is 2.84. The van der Waals surface area contributed by atoms with Crippen LogP contribution in [0.25, 0.3) is 10.9 Å². The van der Waals surface area contributed by atoms with Crippen LogP contribution >= 0.6 is 11.6 Å². The number of fused-ring (bicyclic) bond motifs is 1. The molecule has 23 heavy (non-hydrogen) atoms. The van der Waals surface area contributed by atoms with Gasteiger partial charge in [-0.05, 0) is 24.3 Å². The second-order valence-electron chi connectivity index (χ2n) is 4.75. The standard InChI is InChI=1S/C16H10ClN3O3/c17-13-5-11(23)1-2-14(13)20-16-12-3-9(6-21)10(7-22)4-15(12)18-8-19-16/h1-8,23H,(H,18,19,20). The van der Waals surface area contributed by atoms with Gasteiger partial charge in [-0.25, -0.2) is 9.97 Å². The van der Waals surface area contributed by atoms with Crippen LogP contribution in [-0.4, -0.2) is 27.6 Å². The Bertz CT molecular complexity index is 928. The third-order valence-electron chi connectivity index (χ3n) is 3.30. The molecule has 6 nitrogen and oxygen atoms in total. The number of nitrogens with zero attached hydrogens (tertiary/aromatic N) is 2. The second kappa shape index (κ2) is 6.02. The van der Waals surface area contributed by atoms with Gasteiger partial charge in [-0.15, -0.1) is 0 Å². The summed E-state index contributed by atoms with van der Waals surface area (Å²) in [4.78, 5) is 30.4. The number of rotatable bonds is 4. The van der Waals surface area contributed by atoms with Crippen LogP contribution in [0, 0.1) is 0 Å². The fourth-order valence-corrected chi connectivity index (χ4v) is 2.39. The van der Waals surface area contributed by atoms with Gasteiger partial charge in [0, 0.05) is 22.6 Å². The molecule has 0 aliphatic carbocycles. The number of nitrogens with one attached hydrogen (secondary N) is 1. The predicted molar refractivity (Wildman–Crippen MR) is 86.7 cm³/mol. The summed E-state index contributed by atoms with van der Waals surface area (Å²) in [5, 5.41) is 13.3. The average molecular weight is 328 g/mol. The van der Waals surface area contributed by atoms with Gasteiger partial charge in [0.25, 0.3) is 0 Å². The molecule has 0 aliphatic heterocycles. The fraction of sp³-hybridized carbons (Fsp3) is 0. The maximum atomic E-state index is 11.1. The molecule has 3 aromatic rings. The molecule has 0 spiro atoms. The number of aldehydes is 2. The van der Waals surface area contributed by atoms with Crippen molar-refractivity contribution in [2.45, 2.75) is 0 Å². The summed E-state index contributed by atoms with van der Waals surface area (Å²) < 4.78 is 0. The van der Waals surface area contributed by atoms with E-state index in [4.69, 9.17) is 11.6 Å². The number of aromatic hydroxyl groups is 1. The molecule has 7 heteroatoms. The van der Waals surface area contributed by atoms with E-state index in [0.717, 1.165) is 0 Å². The normalized spacial score (nSPS) is 10.5. The van der Waals surface area contributed by atoms with Crippen LogP contribution in [0.1, 0.15) is 20.7 Å². The lowest BCUT2D eigenvalue weighted by molar-refractivity contribution is 0.109. The van der Waals surface area contributed by atoms with E-state index in [1.54, 1.807) is 12.1 Å². The van der Waals surface area contributed by atoms with Crippen LogP contribution in [0.2, 0.25) is 5.02 Å². The largest absolute Gasteiger partial charge is 0.508 e. The Morgan fingerprint density at radius 3 is 2.48 bits per heavy atom. The van der Waals surface area contributed by atoms with E-state index in [-0.39, 0.29) is 16.9 Å². The van der Waals surface area contributed by atoms with Crippen LogP contribution in [0.5, 0.6) is 5.75 Å². The molecule has 1 heterocycles. The molecule has 0 saturated heterocycles. The number of phenolic OH excluding ortho intramolecular Hbond substituents is 1. The van der Waals surface area contributed by atoms with Crippen molar-refractivity contribution in [2.75, 3.05) is 5.32 Å². The Kier molecular flexibility index (Phi) is 3.91. The van der Waals surface area contributed by atoms with E-state index in [1.807, 2.05) is 0 Å². The number of carbonyl (C=O) groups is 2. The fourth-order valence-electron chi connectivity index (χ4n) is 2.17. The highest BCUT2D eigenvalue weighted by atomic mass is 35.5.